The minimum absolute atomic E-state index is 0.0867. The normalized spacial score (nSPS) is 10.5. The molecule has 0 amide bonds. The highest BCUT2D eigenvalue weighted by Crippen LogP contribution is 2.33. The third kappa shape index (κ3) is 3.42. The molecule has 0 aliphatic carbocycles. The number of hydrogen-bond acceptors (Lipinski definition) is 3. The van der Waals surface area contributed by atoms with Gasteiger partial charge in [0.05, 0.1) is 12.2 Å². The predicted molar refractivity (Wildman–Crippen MR) is 82.4 cm³/mol. The van der Waals surface area contributed by atoms with Crippen LogP contribution >= 0.6 is 0 Å². The number of nitriles is 1. The van der Waals surface area contributed by atoms with Gasteiger partial charge in [-0.2, -0.15) is 5.26 Å². The molecule has 0 radical (unpaired) electrons. The summed E-state index contributed by atoms with van der Waals surface area (Å²) < 4.78 is 5.97. The van der Waals surface area contributed by atoms with E-state index >= 15 is 0 Å². The van der Waals surface area contributed by atoms with E-state index in [4.69, 9.17) is 9.84 Å². The molecule has 0 saturated heterocycles. The zero-order chi connectivity index (χ0) is 15.4. The Morgan fingerprint density at radius 3 is 2.52 bits per heavy atom. The van der Waals surface area contributed by atoms with Crippen molar-refractivity contribution < 1.29 is 9.84 Å². The summed E-state index contributed by atoms with van der Waals surface area (Å²) in [6, 6.07) is 13.4. The van der Waals surface area contributed by atoms with E-state index in [-0.39, 0.29) is 6.61 Å². The van der Waals surface area contributed by atoms with Crippen molar-refractivity contribution in [3.8, 4) is 17.6 Å². The minimum Gasteiger partial charge on any atom is -0.456 e. The standard InChI is InChI=1S/C18H19NO2/c1-12(2)16-6-4-13(3)8-18(16)21-17-7-5-14(11-20)9-15(17)10-19/h4-9,12,20H,11H2,1-3H3. The summed E-state index contributed by atoms with van der Waals surface area (Å²) in [4.78, 5) is 0. The molecule has 108 valence electrons. The molecule has 0 aliphatic heterocycles. The van der Waals surface area contributed by atoms with E-state index < -0.39 is 0 Å². The second kappa shape index (κ2) is 6.43. The SMILES string of the molecule is Cc1ccc(C(C)C)c(Oc2ccc(CO)cc2C#N)c1. The molecule has 0 atom stereocenters. The number of aliphatic hydroxyl groups excluding tert-OH is 1. The van der Waals surface area contributed by atoms with Crippen LogP contribution in [-0.4, -0.2) is 5.11 Å². The Hall–Kier alpha value is -2.31. The molecule has 2 aromatic rings. The van der Waals surface area contributed by atoms with Crippen molar-refractivity contribution in [2.24, 2.45) is 0 Å². The van der Waals surface area contributed by atoms with Crippen LogP contribution in [0.2, 0.25) is 0 Å². The molecule has 3 heteroatoms. The molecule has 0 heterocycles. The lowest BCUT2D eigenvalue weighted by molar-refractivity contribution is 0.281. The summed E-state index contributed by atoms with van der Waals surface area (Å²) in [6.07, 6.45) is 0. The van der Waals surface area contributed by atoms with Crippen LogP contribution in [0.3, 0.4) is 0 Å². The first-order valence-electron chi connectivity index (χ1n) is 6.97. The number of nitrogens with zero attached hydrogens (tertiary/aromatic N) is 1. The molecule has 0 aromatic heterocycles. The van der Waals surface area contributed by atoms with Gasteiger partial charge in [0.2, 0.25) is 0 Å². The van der Waals surface area contributed by atoms with Gasteiger partial charge in [0.15, 0.2) is 0 Å². The van der Waals surface area contributed by atoms with Gasteiger partial charge in [0.1, 0.15) is 17.6 Å². The number of hydrogen-bond donors (Lipinski definition) is 1. The van der Waals surface area contributed by atoms with Crippen LogP contribution in [0.5, 0.6) is 11.5 Å². The summed E-state index contributed by atoms with van der Waals surface area (Å²) in [6.45, 7) is 6.14. The Morgan fingerprint density at radius 1 is 1.14 bits per heavy atom. The zero-order valence-electron chi connectivity index (χ0n) is 12.6. The van der Waals surface area contributed by atoms with E-state index in [0.717, 1.165) is 16.9 Å². The Labute approximate surface area is 125 Å². The van der Waals surface area contributed by atoms with E-state index in [9.17, 15) is 5.26 Å². The topological polar surface area (TPSA) is 53.2 Å². The molecule has 21 heavy (non-hydrogen) atoms. The summed E-state index contributed by atoms with van der Waals surface area (Å²) in [5, 5.41) is 18.4. The summed E-state index contributed by atoms with van der Waals surface area (Å²) in [5.41, 5.74) is 3.35. The fraction of sp³-hybridized carbons (Fsp3) is 0.278. The van der Waals surface area contributed by atoms with Gasteiger partial charge in [-0.05, 0) is 47.7 Å². The van der Waals surface area contributed by atoms with Crippen LogP contribution in [0.25, 0.3) is 0 Å². The smallest absolute Gasteiger partial charge is 0.145 e. The van der Waals surface area contributed by atoms with Gasteiger partial charge in [0.25, 0.3) is 0 Å². The van der Waals surface area contributed by atoms with Gasteiger partial charge < -0.3 is 9.84 Å². The molecule has 1 N–H and O–H groups in total. The average Bonchev–Trinajstić information content (AvgIpc) is 2.47. The molecule has 0 saturated carbocycles. The van der Waals surface area contributed by atoms with Gasteiger partial charge in [0, 0.05) is 0 Å². The molecule has 0 fully saturated rings. The first-order valence-corrected chi connectivity index (χ1v) is 6.97. The van der Waals surface area contributed by atoms with E-state index in [1.54, 1.807) is 18.2 Å². The first-order chi connectivity index (χ1) is 10.0. The maximum absolute atomic E-state index is 9.24. The monoisotopic (exact) mass is 281 g/mol. The summed E-state index contributed by atoms with van der Waals surface area (Å²) in [5.74, 6) is 1.63. The van der Waals surface area contributed by atoms with E-state index in [0.29, 0.717) is 22.8 Å². The Morgan fingerprint density at radius 2 is 1.90 bits per heavy atom. The van der Waals surface area contributed by atoms with Gasteiger partial charge in [-0.3, -0.25) is 0 Å². The van der Waals surface area contributed by atoms with Crippen LogP contribution in [0.1, 0.15) is 42.0 Å². The van der Waals surface area contributed by atoms with Crippen molar-refractivity contribution in [3.63, 3.8) is 0 Å². The van der Waals surface area contributed by atoms with E-state index in [1.165, 1.54) is 0 Å². The van der Waals surface area contributed by atoms with Gasteiger partial charge in [-0.25, -0.2) is 0 Å². The first kappa shape index (κ1) is 15.1. The van der Waals surface area contributed by atoms with Crippen LogP contribution in [-0.2, 0) is 6.61 Å². The lowest BCUT2D eigenvalue weighted by Crippen LogP contribution is -1.97. The second-order valence-corrected chi connectivity index (χ2v) is 5.40. The molecular formula is C18H19NO2. The van der Waals surface area contributed by atoms with Crippen LogP contribution in [0, 0.1) is 18.3 Å². The van der Waals surface area contributed by atoms with Gasteiger partial charge in [-0.1, -0.05) is 32.0 Å². The fourth-order valence-electron chi connectivity index (χ4n) is 2.18. The number of rotatable bonds is 4. The summed E-state index contributed by atoms with van der Waals surface area (Å²) in [7, 11) is 0. The largest absolute Gasteiger partial charge is 0.456 e. The van der Waals surface area contributed by atoms with Crippen molar-refractivity contribution in [1.29, 1.82) is 5.26 Å². The Balaban J connectivity index is 2.43. The van der Waals surface area contributed by atoms with Crippen LogP contribution in [0.4, 0.5) is 0 Å². The quantitative estimate of drug-likeness (QED) is 0.910. The van der Waals surface area contributed by atoms with Crippen molar-refractivity contribution >= 4 is 0 Å². The minimum atomic E-state index is -0.0867. The Bertz CT molecular complexity index is 684. The lowest BCUT2D eigenvalue weighted by Gasteiger charge is -2.15. The van der Waals surface area contributed by atoms with E-state index in [2.05, 4.69) is 32.0 Å². The van der Waals surface area contributed by atoms with E-state index in [1.807, 2.05) is 13.0 Å². The zero-order valence-corrected chi connectivity index (χ0v) is 12.6. The second-order valence-electron chi connectivity index (χ2n) is 5.40. The van der Waals surface area contributed by atoms with Gasteiger partial charge >= 0.3 is 0 Å². The molecule has 0 unspecified atom stereocenters. The summed E-state index contributed by atoms with van der Waals surface area (Å²) >= 11 is 0. The van der Waals surface area contributed by atoms with Crippen LogP contribution < -0.4 is 4.74 Å². The molecule has 0 bridgehead atoms. The number of ether oxygens (including phenoxy) is 1. The number of aryl methyl sites for hydroxylation is 1. The van der Waals surface area contributed by atoms with Gasteiger partial charge in [-0.15, -0.1) is 0 Å². The van der Waals surface area contributed by atoms with Crippen molar-refractivity contribution in [1.82, 2.24) is 0 Å². The third-order valence-corrected chi connectivity index (χ3v) is 3.36. The molecule has 0 aliphatic rings. The molecular weight excluding hydrogens is 262 g/mol. The maximum Gasteiger partial charge on any atom is 0.145 e. The highest BCUT2D eigenvalue weighted by Gasteiger charge is 2.12. The molecule has 2 aromatic carbocycles. The molecule has 0 spiro atoms. The molecule has 3 nitrogen and oxygen atoms in total. The van der Waals surface area contributed by atoms with Crippen molar-refractivity contribution in [2.45, 2.75) is 33.3 Å². The molecule has 2 rings (SSSR count). The Kier molecular flexibility index (Phi) is 4.62. The third-order valence-electron chi connectivity index (χ3n) is 3.36. The van der Waals surface area contributed by atoms with Crippen molar-refractivity contribution in [2.75, 3.05) is 0 Å². The highest BCUT2D eigenvalue weighted by atomic mass is 16.5. The number of benzene rings is 2. The van der Waals surface area contributed by atoms with Crippen LogP contribution in [0.15, 0.2) is 36.4 Å². The highest BCUT2D eigenvalue weighted by molar-refractivity contribution is 5.49. The average molecular weight is 281 g/mol. The maximum atomic E-state index is 9.24. The fourth-order valence-corrected chi connectivity index (χ4v) is 2.18. The predicted octanol–water partition coefficient (Wildman–Crippen LogP) is 4.27. The van der Waals surface area contributed by atoms with Crippen molar-refractivity contribution in [3.05, 3.63) is 58.7 Å². The lowest BCUT2D eigenvalue weighted by atomic mass is 10.0. The number of aliphatic hydroxyl groups is 1.